The van der Waals surface area contributed by atoms with Crippen molar-refractivity contribution in [3.8, 4) is 5.75 Å². The number of halogens is 2. The third-order valence-electron chi connectivity index (χ3n) is 2.05. The summed E-state index contributed by atoms with van der Waals surface area (Å²) >= 11 is 0. The van der Waals surface area contributed by atoms with Gasteiger partial charge in [-0.05, 0) is 12.1 Å². The van der Waals surface area contributed by atoms with Crippen molar-refractivity contribution < 1.29 is 18.6 Å². The zero-order valence-electron chi connectivity index (χ0n) is 8.28. The zero-order chi connectivity index (χ0) is 11.5. The van der Waals surface area contributed by atoms with Crippen LogP contribution in [0.3, 0.4) is 0 Å². The molecule has 0 atom stereocenters. The number of ether oxygens (including phenoxy) is 1. The summed E-state index contributed by atoms with van der Waals surface area (Å²) in [5.41, 5.74) is 0.844. The van der Waals surface area contributed by atoms with Crippen LogP contribution >= 0.6 is 0 Å². The predicted molar refractivity (Wildman–Crippen MR) is 53.6 cm³/mol. The Morgan fingerprint density at radius 1 is 1.44 bits per heavy atom. The number of rotatable bonds is 4. The van der Waals surface area contributed by atoms with Crippen LogP contribution in [0.5, 0.6) is 5.75 Å². The molecule has 6 heteroatoms. The Hall–Kier alpha value is -1.69. The number of hydrogen-bond acceptors (Lipinski definition) is 3. The van der Waals surface area contributed by atoms with Gasteiger partial charge in [-0.2, -0.15) is 0 Å². The Morgan fingerprint density at radius 2 is 2.25 bits per heavy atom. The van der Waals surface area contributed by atoms with E-state index in [-0.39, 0.29) is 19.0 Å². The molecule has 0 saturated heterocycles. The van der Waals surface area contributed by atoms with E-state index in [1.165, 1.54) is 0 Å². The maximum Gasteiger partial charge on any atom is 0.295 e. The number of hydrogen-bond donors (Lipinski definition) is 2. The highest BCUT2D eigenvalue weighted by molar-refractivity contribution is 5.81. The van der Waals surface area contributed by atoms with Crippen molar-refractivity contribution in [1.29, 1.82) is 0 Å². The highest BCUT2D eigenvalue weighted by atomic mass is 19.3. The van der Waals surface area contributed by atoms with Crippen LogP contribution in [0.25, 0.3) is 11.0 Å². The van der Waals surface area contributed by atoms with Gasteiger partial charge in [-0.15, -0.1) is 0 Å². The fraction of sp³-hybridized carbons (Fsp3) is 0.300. The Morgan fingerprint density at radius 3 is 2.94 bits per heavy atom. The standard InChI is InChI=1S/C10H10F2N2O2/c11-9(12)10-13-6-2-1-3-7(8(6)14-10)16-5-4-15/h1-3,9,15H,4-5H2,(H,13,14). The average molecular weight is 228 g/mol. The SMILES string of the molecule is OCCOc1cccc2[nH]c(C(F)F)nc12. The molecule has 86 valence electrons. The number of aromatic nitrogens is 2. The van der Waals surface area contributed by atoms with Crippen LogP contribution in [-0.4, -0.2) is 28.3 Å². The van der Waals surface area contributed by atoms with Gasteiger partial charge in [-0.3, -0.25) is 0 Å². The number of para-hydroxylation sites is 1. The first-order chi connectivity index (χ1) is 7.72. The van der Waals surface area contributed by atoms with E-state index in [0.29, 0.717) is 16.8 Å². The molecule has 0 saturated carbocycles. The molecular formula is C10H10F2N2O2. The lowest BCUT2D eigenvalue weighted by molar-refractivity contribution is 0.142. The second kappa shape index (κ2) is 4.44. The van der Waals surface area contributed by atoms with E-state index in [4.69, 9.17) is 9.84 Å². The molecule has 1 aromatic carbocycles. The number of nitrogens with one attached hydrogen (secondary N) is 1. The third-order valence-corrected chi connectivity index (χ3v) is 2.05. The van der Waals surface area contributed by atoms with Gasteiger partial charge in [0, 0.05) is 0 Å². The number of aliphatic hydroxyl groups excluding tert-OH is 1. The van der Waals surface area contributed by atoms with Crippen LogP contribution in [-0.2, 0) is 0 Å². The maximum atomic E-state index is 12.4. The Labute approximate surface area is 89.9 Å². The van der Waals surface area contributed by atoms with Crippen LogP contribution in [0.2, 0.25) is 0 Å². The minimum absolute atomic E-state index is 0.107. The van der Waals surface area contributed by atoms with E-state index >= 15 is 0 Å². The smallest absolute Gasteiger partial charge is 0.295 e. The molecule has 1 heterocycles. The van der Waals surface area contributed by atoms with Crippen molar-refractivity contribution in [2.75, 3.05) is 13.2 Å². The maximum absolute atomic E-state index is 12.4. The summed E-state index contributed by atoms with van der Waals surface area (Å²) in [5, 5.41) is 8.62. The number of alkyl halides is 2. The molecule has 0 amide bonds. The molecule has 0 radical (unpaired) electrons. The lowest BCUT2D eigenvalue weighted by atomic mass is 10.3. The summed E-state index contributed by atoms with van der Waals surface area (Å²) in [6.07, 6.45) is -2.64. The van der Waals surface area contributed by atoms with Gasteiger partial charge in [0.1, 0.15) is 17.9 Å². The quantitative estimate of drug-likeness (QED) is 0.839. The van der Waals surface area contributed by atoms with E-state index < -0.39 is 6.43 Å². The molecule has 0 aliphatic carbocycles. The molecule has 2 rings (SSSR count). The summed E-state index contributed by atoms with van der Waals surface area (Å²) in [5.74, 6) is 0.00440. The molecule has 0 aliphatic rings. The number of benzene rings is 1. The highest BCUT2D eigenvalue weighted by Gasteiger charge is 2.14. The molecule has 1 aromatic heterocycles. The first-order valence-electron chi connectivity index (χ1n) is 4.73. The van der Waals surface area contributed by atoms with Gasteiger partial charge in [0.05, 0.1) is 12.1 Å². The molecule has 0 unspecified atom stereocenters. The molecule has 0 bridgehead atoms. The van der Waals surface area contributed by atoms with Gasteiger partial charge in [0.15, 0.2) is 5.82 Å². The van der Waals surface area contributed by atoms with Gasteiger partial charge < -0.3 is 14.8 Å². The van der Waals surface area contributed by atoms with Crippen molar-refractivity contribution in [1.82, 2.24) is 9.97 Å². The second-order valence-electron chi connectivity index (χ2n) is 3.15. The Bertz CT molecular complexity index is 485. The van der Waals surface area contributed by atoms with E-state index in [1.54, 1.807) is 18.2 Å². The highest BCUT2D eigenvalue weighted by Crippen LogP contribution is 2.26. The van der Waals surface area contributed by atoms with Crippen molar-refractivity contribution in [2.24, 2.45) is 0 Å². The summed E-state index contributed by atoms with van der Waals surface area (Å²) in [6, 6.07) is 4.93. The topological polar surface area (TPSA) is 58.1 Å². The van der Waals surface area contributed by atoms with Crippen LogP contribution in [0.15, 0.2) is 18.2 Å². The summed E-state index contributed by atoms with van der Waals surface area (Å²) in [4.78, 5) is 6.26. The van der Waals surface area contributed by atoms with E-state index in [9.17, 15) is 8.78 Å². The predicted octanol–water partition coefficient (Wildman–Crippen LogP) is 1.87. The number of aliphatic hydroxyl groups is 1. The first-order valence-corrected chi connectivity index (χ1v) is 4.73. The molecule has 2 aromatic rings. The first kappa shape index (κ1) is 10.8. The zero-order valence-corrected chi connectivity index (χ0v) is 8.28. The summed E-state index contributed by atoms with van der Waals surface area (Å²) < 4.78 is 30.0. The van der Waals surface area contributed by atoms with Gasteiger partial charge in [0.25, 0.3) is 6.43 Å². The van der Waals surface area contributed by atoms with Crippen molar-refractivity contribution in [2.45, 2.75) is 6.43 Å². The summed E-state index contributed by atoms with van der Waals surface area (Å²) in [7, 11) is 0. The monoisotopic (exact) mass is 228 g/mol. The van der Waals surface area contributed by atoms with Gasteiger partial charge in [-0.1, -0.05) is 6.07 Å². The molecule has 2 N–H and O–H groups in total. The van der Waals surface area contributed by atoms with Crippen molar-refractivity contribution in [3.63, 3.8) is 0 Å². The fourth-order valence-electron chi connectivity index (χ4n) is 1.40. The molecule has 0 aliphatic heterocycles. The molecule has 4 nitrogen and oxygen atoms in total. The van der Waals surface area contributed by atoms with E-state index in [1.807, 2.05) is 0 Å². The molecular weight excluding hydrogens is 218 g/mol. The molecule has 16 heavy (non-hydrogen) atoms. The van der Waals surface area contributed by atoms with Gasteiger partial charge in [0.2, 0.25) is 0 Å². The lowest BCUT2D eigenvalue weighted by Crippen LogP contribution is -2.01. The molecule has 0 spiro atoms. The number of aromatic amines is 1. The normalized spacial score (nSPS) is 11.2. The van der Waals surface area contributed by atoms with Gasteiger partial charge in [-0.25, -0.2) is 13.8 Å². The second-order valence-corrected chi connectivity index (χ2v) is 3.15. The number of fused-ring (bicyclic) bond motifs is 1. The third kappa shape index (κ3) is 1.96. The van der Waals surface area contributed by atoms with Gasteiger partial charge >= 0.3 is 0 Å². The summed E-state index contributed by atoms with van der Waals surface area (Å²) in [6.45, 7) is -0.0293. The van der Waals surface area contributed by atoms with Crippen molar-refractivity contribution >= 4 is 11.0 Å². The number of H-pyrrole nitrogens is 1. The van der Waals surface area contributed by atoms with E-state index in [2.05, 4.69) is 9.97 Å². The number of imidazole rings is 1. The fourth-order valence-corrected chi connectivity index (χ4v) is 1.40. The van der Waals surface area contributed by atoms with Crippen LogP contribution < -0.4 is 4.74 Å². The Balaban J connectivity index is 2.41. The minimum atomic E-state index is -2.64. The van der Waals surface area contributed by atoms with Crippen LogP contribution in [0, 0.1) is 0 Å². The van der Waals surface area contributed by atoms with Crippen LogP contribution in [0.4, 0.5) is 8.78 Å². The lowest BCUT2D eigenvalue weighted by Gasteiger charge is -2.03. The largest absolute Gasteiger partial charge is 0.489 e. The minimum Gasteiger partial charge on any atom is -0.489 e. The molecule has 0 fully saturated rings. The van der Waals surface area contributed by atoms with Crippen molar-refractivity contribution in [3.05, 3.63) is 24.0 Å². The van der Waals surface area contributed by atoms with Crippen LogP contribution in [0.1, 0.15) is 12.2 Å². The average Bonchev–Trinajstić information content (AvgIpc) is 2.70. The van der Waals surface area contributed by atoms with E-state index in [0.717, 1.165) is 0 Å². The Kier molecular flexibility index (Phi) is 3.00. The number of nitrogens with zero attached hydrogens (tertiary/aromatic N) is 1.